The van der Waals surface area contributed by atoms with Crippen molar-refractivity contribution in [3.05, 3.63) is 45.9 Å². The van der Waals surface area contributed by atoms with Crippen LogP contribution in [0.3, 0.4) is 0 Å². The minimum atomic E-state index is -0.207. The van der Waals surface area contributed by atoms with Crippen molar-refractivity contribution < 1.29 is 4.79 Å². The van der Waals surface area contributed by atoms with Crippen LogP contribution in [-0.4, -0.2) is 10.9 Å². The first-order chi connectivity index (χ1) is 8.69. The summed E-state index contributed by atoms with van der Waals surface area (Å²) in [5.41, 5.74) is 0.758. The normalized spacial score (nSPS) is 9.78. The lowest BCUT2D eigenvalue weighted by atomic mass is 10.1. The molecule has 0 bridgehead atoms. The zero-order valence-corrected chi connectivity index (χ0v) is 10.8. The van der Waals surface area contributed by atoms with Crippen LogP contribution in [0.4, 0.5) is 5.13 Å². The van der Waals surface area contributed by atoms with Gasteiger partial charge in [0.2, 0.25) is 5.91 Å². The Labute approximate surface area is 113 Å². The minimum Gasteiger partial charge on any atom is -0.302 e. The fourth-order valence-corrected chi connectivity index (χ4v) is 2.19. The summed E-state index contributed by atoms with van der Waals surface area (Å²) in [6.07, 6.45) is 1.61. The van der Waals surface area contributed by atoms with E-state index in [1.54, 1.807) is 12.1 Å². The van der Waals surface area contributed by atoms with Gasteiger partial charge in [-0.2, -0.15) is 5.26 Å². The highest BCUT2D eigenvalue weighted by atomic mass is 35.5. The molecule has 0 saturated heterocycles. The molecule has 18 heavy (non-hydrogen) atoms. The average Bonchev–Trinajstić information content (AvgIpc) is 2.80. The number of benzene rings is 1. The van der Waals surface area contributed by atoms with Gasteiger partial charge < -0.3 is 5.32 Å². The summed E-state index contributed by atoms with van der Waals surface area (Å²) in [7, 11) is 0. The number of anilines is 1. The first-order valence-electron chi connectivity index (χ1n) is 5.08. The maximum Gasteiger partial charge on any atom is 0.230 e. The molecular weight excluding hydrogens is 270 g/mol. The molecule has 0 fully saturated rings. The molecule has 1 heterocycles. The number of amides is 1. The maximum absolute atomic E-state index is 11.7. The zero-order valence-electron chi connectivity index (χ0n) is 9.18. The van der Waals surface area contributed by atoms with Gasteiger partial charge in [-0.15, -0.1) is 0 Å². The Hall–Kier alpha value is -1.90. The standard InChI is InChI=1S/C12H8ClN3OS/c13-10-4-2-1-3-8(10)5-11(17)16-12-15-7-9(6-14)18-12/h1-4,7H,5H2,(H,15,16,17). The van der Waals surface area contributed by atoms with Crippen molar-refractivity contribution in [1.29, 1.82) is 5.26 Å². The van der Waals surface area contributed by atoms with E-state index in [9.17, 15) is 4.79 Å². The van der Waals surface area contributed by atoms with Crippen LogP contribution in [-0.2, 0) is 11.2 Å². The molecule has 0 aliphatic heterocycles. The van der Waals surface area contributed by atoms with E-state index in [2.05, 4.69) is 10.3 Å². The summed E-state index contributed by atoms with van der Waals surface area (Å²) in [5.74, 6) is -0.207. The highest BCUT2D eigenvalue weighted by molar-refractivity contribution is 7.16. The van der Waals surface area contributed by atoms with Crippen molar-refractivity contribution in [2.75, 3.05) is 5.32 Å². The Bertz CT molecular complexity index is 618. The molecule has 1 aromatic carbocycles. The molecule has 90 valence electrons. The number of nitriles is 1. The van der Waals surface area contributed by atoms with Gasteiger partial charge in [0, 0.05) is 5.02 Å². The molecule has 0 saturated carbocycles. The number of nitrogens with one attached hydrogen (secondary N) is 1. The summed E-state index contributed by atoms with van der Waals surface area (Å²) in [6, 6.07) is 9.13. The number of hydrogen-bond acceptors (Lipinski definition) is 4. The maximum atomic E-state index is 11.7. The van der Waals surface area contributed by atoms with Gasteiger partial charge >= 0.3 is 0 Å². The highest BCUT2D eigenvalue weighted by Crippen LogP contribution is 2.19. The van der Waals surface area contributed by atoms with Crippen LogP contribution in [0.5, 0.6) is 0 Å². The quantitative estimate of drug-likeness (QED) is 0.938. The largest absolute Gasteiger partial charge is 0.302 e. The number of thiazole rings is 1. The number of nitrogens with zero attached hydrogens (tertiary/aromatic N) is 2. The van der Waals surface area contributed by atoms with Crippen molar-refractivity contribution in [2.24, 2.45) is 0 Å². The minimum absolute atomic E-state index is 0.182. The van der Waals surface area contributed by atoms with E-state index in [1.165, 1.54) is 6.20 Å². The van der Waals surface area contributed by atoms with E-state index >= 15 is 0 Å². The van der Waals surface area contributed by atoms with E-state index in [-0.39, 0.29) is 12.3 Å². The average molecular weight is 278 g/mol. The van der Waals surface area contributed by atoms with Crippen LogP contribution in [0.15, 0.2) is 30.5 Å². The van der Waals surface area contributed by atoms with Crippen LogP contribution in [0.1, 0.15) is 10.4 Å². The molecule has 2 rings (SSSR count). The van der Waals surface area contributed by atoms with Crippen molar-refractivity contribution in [3.63, 3.8) is 0 Å². The predicted octanol–water partition coefficient (Wildman–Crippen LogP) is 2.85. The van der Waals surface area contributed by atoms with Crippen LogP contribution in [0.25, 0.3) is 0 Å². The SMILES string of the molecule is N#Cc1cnc(NC(=O)Cc2ccccc2Cl)s1. The lowest BCUT2D eigenvalue weighted by molar-refractivity contribution is -0.115. The third-order valence-electron chi connectivity index (χ3n) is 2.17. The Morgan fingerprint density at radius 1 is 1.50 bits per heavy atom. The monoisotopic (exact) mass is 277 g/mol. The van der Waals surface area contributed by atoms with E-state index in [0.717, 1.165) is 16.9 Å². The smallest absolute Gasteiger partial charge is 0.230 e. The number of halogens is 1. The Balaban J connectivity index is 2.01. The number of carbonyl (C=O) groups excluding carboxylic acids is 1. The lowest BCUT2D eigenvalue weighted by Crippen LogP contribution is -2.14. The molecule has 1 aromatic heterocycles. The Morgan fingerprint density at radius 2 is 2.28 bits per heavy atom. The molecule has 0 unspecified atom stereocenters. The number of aromatic nitrogens is 1. The third kappa shape index (κ3) is 3.06. The summed E-state index contributed by atoms with van der Waals surface area (Å²) < 4.78 is 0. The summed E-state index contributed by atoms with van der Waals surface area (Å²) in [4.78, 5) is 16.1. The van der Waals surface area contributed by atoms with E-state index < -0.39 is 0 Å². The van der Waals surface area contributed by atoms with Gasteiger partial charge in [0.05, 0.1) is 12.6 Å². The summed E-state index contributed by atoms with van der Waals surface area (Å²) in [6.45, 7) is 0. The van der Waals surface area contributed by atoms with Crippen molar-refractivity contribution in [2.45, 2.75) is 6.42 Å². The fourth-order valence-electron chi connectivity index (χ4n) is 1.36. The first kappa shape index (κ1) is 12.6. The third-order valence-corrected chi connectivity index (χ3v) is 3.36. The van der Waals surface area contributed by atoms with E-state index in [0.29, 0.717) is 15.0 Å². The second kappa shape index (κ2) is 5.63. The van der Waals surface area contributed by atoms with E-state index in [1.807, 2.05) is 18.2 Å². The zero-order chi connectivity index (χ0) is 13.0. The van der Waals surface area contributed by atoms with Crippen LogP contribution in [0, 0.1) is 11.3 Å². The molecule has 4 nitrogen and oxygen atoms in total. The van der Waals surface area contributed by atoms with Crippen LogP contribution >= 0.6 is 22.9 Å². The fraction of sp³-hybridized carbons (Fsp3) is 0.0833. The molecule has 1 N–H and O–H groups in total. The van der Waals surface area contributed by atoms with Crippen molar-refractivity contribution >= 4 is 34.0 Å². The number of rotatable bonds is 3. The van der Waals surface area contributed by atoms with Crippen molar-refractivity contribution in [3.8, 4) is 6.07 Å². The Kier molecular flexibility index (Phi) is 3.92. The van der Waals surface area contributed by atoms with Gasteiger partial charge in [0.25, 0.3) is 0 Å². The number of hydrogen-bond donors (Lipinski definition) is 1. The Morgan fingerprint density at radius 3 is 2.94 bits per heavy atom. The summed E-state index contributed by atoms with van der Waals surface area (Å²) in [5, 5.41) is 12.3. The molecule has 6 heteroatoms. The van der Waals surface area contributed by atoms with Crippen LogP contribution < -0.4 is 5.32 Å². The van der Waals surface area contributed by atoms with Gasteiger partial charge in [0.15, 0.2) is 5.13 Å². The molecule has 0 radical (unpaired) electrons. The van der Waals surface area contributed by atoms with E-state index in [4.69, 9.17) is 16.9 Å². The molecule has 1 amide bonds. The molecule has 0 aliphatic carbocycles. The van der Waals surface area contributed by atoms with Gasteiger partial charge in [-0.1, -0.05) is 41.1 Å². The second-order valence-electron chi connectivity index (χ2n) is 3.46. The highest BCUT2D eigenvalue weighted by Gasteiger charge is 2.09. The molecule has 0 aliphatic rings. The topological polar surface area (TPSA) is 65.8 Å². The van der Waals surface area contributed by atoms with Crippen molar-refractivity contribution in [1.82, 2.24) is 4.98 Å². The van der Waals surface area contributed by atoms with Gasteiger partial charge in [-0.3, -0.25) is 4.79 Å². The molecular formula is C12H8ClN3OS. The first-order valence-corrected chi connectivity index (χ1v) is 6.27. The predicted molar refractivity (Wildman–Crippen MR) is 70.6 cm³/mol. The molecule has 0 atom stereocenters. The van der Waals surface area contributed by atoms with Gasteiger partial charge in [0.1, 0.15) is 10.9 Å². The molecule has 2 aromatic rings. The van der Waals surface area contributed by atoms with Gasteiger partial charge in [-0.05, 0) is 11.6 Å². The lowest BCUT2D eigenvalue weighted by Gasteiger charge is -2.03. The number of carbonyl (C=O) groups is 1. The second-order valence-corrected chi connectivity index (χ2v) is 4.90. The van der Waals surface area contributed by atoms with Gasteiger partial charge in [-0.25, -0.2) is 4.98 Å². The molecule has 0 spiro atoms. The van der Waals surface area contributed by atoms with Crippen LogP contribution in [0.2, 0.25) is 5.02 Å². The summed E-state index contributed by atoms with van der Waals surface area (Å²) >= 11 is 7.10.